The van der Waals surface area contributed by atoms with E-state index in [9.17, 15) is 0 Å². The molecule has 106 valence electrons. The molecular weight excluding hydrogens is 248 g/mol. The van der Waals surface area contributed by atoms with Gasteiger partial charge in [0, 0.05) is 38.4 Å². The minimum Gasteiger partial charge on any atom is -0.384 e. The lowest BCUT2D eigenvalue weighted by Crippen LogP contribution is -2.21. The molecule has 2 aromatic rings. The molecule has 2 aromatic heterocycles. The number of rotatable bonds is 7. The average molecular weight is 270 g/mol. The van der Waals surface area contributed by atoms with Crippen molar-refractivity contribution in [3.05, 3.63) is 48.5 Å². The van der Waals surface area contributed by atoms with Gasteiger partial charge in [-0.15, -0.1) is 0 Å². The van der Waals surface area contributed by atoms with E-state index in [1.807, 2.05) is 30.7 Å². The Morgan fingerprint density at radius 2 is 2.15 bits per heavy atom. The number of hydrogen-bond donors (Lipinski definition) is 1. The fraction of sp³-hybridized carbons (Fsp3) is 0.375. The number of anilines is 2. The molecule has 0 bridgehead atoms. The number of likely N-dealkylation sites (N-methyl/N-ethyl adjacent to an activating group) is 1. The van der Waals surface area contributed by atoms with Crippen LogP contribution in [0, 0.1) is 0 Å². The van der Waals surface area contributed by atoms with E-state index < -0.39 is 0 Å². The standard InChI is InChI=1S/C16H22N4/c1-3-8-18-15-11-16(13-17-12-15)20(2)10-7-14-6-4-5-9-19-14/h4-6,9,11-13,18H,3,7-8,10H2,1-2H3. The lowest BCUT2D eigenvalue weighted by molar-refractivity contribution is 0.850. The van der Waals surface area contributed by atoms with Crippen LogP contribution in [0.25, 0.3) is 0 Å². The molecule has 0 saturated carbocycles. The Kier molecular flexibility index (Phi) is 5.35. The highest BCUT2D eigenvalue weighted by atomic mass is 15.1. The van der Waals surface area contributed by atoms with Gasteiger partial charge in [-0.05, 0) is 24.6 Å². The molecule has 0 fully saturated rings. The van der Waals surface area contributed by atoms with Gasteiger partial charge < -0.3 is 10.2 Å². The van der Waals surface area contributed by atoms with Gasteiger partial charge in [0.05, 0.1) is 23.8 Å². The van der Waals surface area contributed by atoms with Crippen LogP contribution in [0.4, 0.5) is 11.4 Å². The first-order chi connectivity index (χ1) is 9.79. The van der Waals surface area contributed by atoms with Crippen LogP contribution < -0.4 is 10.2 Å². The van der Waals surface area contributed by atoms with E-state index in [-0.39, 0.29) is 0 Å². The Balaban J connectivity index is 1.93. The molecule has 0 unspecified atom stereocenters. The summed E-state index contributed by atoms with van der Waals surface area (Å²) in [5, 5.41) is 3.36. The van der Waals surface area contributed by atoms with Crippen LogP contribution in [0.5, 0.6) is 0 Å². The van der Waals surface area contributed by atoms with Crippen molar-refractivity contribution < 1.29 is 0 Å². The zero-order chi connectivity index (χ0) is 14.2. The highest BCUT2D eigenvalue weighted by Crippen LogP contribution is 2.16. The Hall–Kier alpha value is -2.10. The minimum absolute atomic E-state index is 0.927. The summed E-state index contributed by atoms with van der Waals surface area (Å²) >= 11 is 0. The SMILES string of the molecule is CCCNc1cncc(N(C)CCc2ccccn2)c1. The normalized spacial score (nSPS) is 10.3. The van der Waals surface area contributed by atoms with Crippen molar-refractivity contribution in [3.8, 4) is 0 Å². The number of pyridine rings is 2. The van der Waals surface area contributed by atoms with Gasteiger partial charge in [-0.25, -0.2) is 0 Å². The Morgan fingerprint density at radius 1 is 1.25 bits per heavy atom. The summed E-state index contributed by atoms with van der Waals surface area (Å²) in [6.45, 7) is 4.06. The summed E-state index contributed by atoms with van der Waals surface area (Å²) in [5.74, 6) is 0. The van der Waals surface area contributed by atoms with Crippen LogP contribution in [0.3, 0.4) is 0 Å². The van der Waals surface area contributed by atoms with Crippen LogP contribution in [0.2, 0.25) is 0 Å². The lowest BCUT2D eigenvalue weighted by atomic mass is 10.2. The van der Waals surface area contributed by atoms with Crippen molar-refractivity contribution in [2.24, 2.45) is 0 Å². The maximum atomic E-state index is 4.35. The van der Waals surface area contributed by atoms with Gasteiger partial charge >= 0.3 is 0 Å². The third kappa shape index (κ3) is 4.23. The molecule has 1 N–H and O–H groups in total. The maximum absolute atomic E-state index is 4.35. The zero-order valence-corrected chi connectivity index (χ0v) is 12.2. The van der Waals surface area contributed by atoms with E-state index in [0.717, 1.165) is 43.0 Å². The van der Waals surface area contributed by atoms with Crippen molar-refractivity contribution >= 4 is 11.4 Å². The maximum Gasteiger partial charge on any atom is 0.0571 e. The van der Waals surface area contributed by atoms with Crippen molar-refractivity contribution in [2.45, 2.75) is 19.8 Å². The largest absolute Gasteiger partial charge is 0.384 e. The Bertz CT molecular complexity index is 513. The molecule has 0 radical (unpaired) electrons. The number of nitrogens with zero attached hydrogens (tertiary/aromatic N) is 3. The summed E-state index contributed by atoms with van der Waals surface area (Å²) in [6, 6.07) is 8.17. The molecule has 0 aliphatic carbocycles. The van der Waals surface area contributed by atoms with Gasteiger partial charge in [0.25, 0.3) is 0 Å². The molecule has 0 saturated heterocycles. The minimum atomic E-state index is 0.927. The van der Waals surface area contributed by atoms with Gasteiger partial charge in [-0.1, -0.05) is 13.0 Å². The highest BCUT2D eigenvalue weighted by molar-refractivity contribution is 5.55. The van der Waals surface area contributed by atoms with Crippen molar-refractivity contribution in [1.29, 1.82) is 0 Å². The fourth-order valence-electron chi connectivity index (χ4n) is 1.96. The molecule has 0 aromatic carbocycles. The van der Waals surface area contributed by atoms with E-state index in [2.05, 4.69) is 46.3 Å². The molecule has 4 heteroatoms. The van der Waals surface area contributed by atoms with Crippen LogP contribution in [-0.2, 0) is 6.42 Å². The topological polar surface area (TPSA) is 41.1 Å². The molecular formula is C16H22N4. The third-order valence-corrected chi connectivity index (χ3v) is 3.17. The summed E-state index contributed by atoms with van der Waals surface area (Å²) in [6.07, 6.45) is 7.65. The molecule has 0 atom stereocenters. The van der Waals surface area contributed by atoms with Crippen molar-refractivity contribution in [3.63, 3.8) is 0 Å². The Morgan fingerprint density at radius 3 is 2.90 bits per heavy atom. The molecule has 4 nitrogen and oxygen atoms in total. The number of nitrogens with one attached hydrogen (secondary N) is 1. The number of aromatic nitrogens is 2. The average Bonchev–Trinajstić information content (AvgIpc) is 2.52. The zero-order valence-electron chi connectivity index (χ0n) is 12.2. The number of hydrogen-bond acceptors (Lipinski definition) is 4. The second-order valence-electron chi connectivity index (χ2n) is 4.85. The molecule has 20 heavy (non-hydrogen) atoms. The van der Waals surface area contributed by atoms with E-state index in [1.54, 1.807) is 0 Å². The second-order valence-corrected chi connectivity index (χ2v) is 4.85. The molecule has 0 aliphatic rings. The first-order valence-corrected chi connectivity index (χ1v) is 7.09. The van der Waals surface area contributed by atoms with Gasteiger partial charge in [0.15, 0.2) is 0 Å². The van der Waals surface area contributed by atoms with Crippen LogP contribution >= 0.6 is 0 Å². The molecule has 0 amide bonds. The van der Waals surface area contributed by atoms with Crippen molar-refractivity contribution in [1.82, 2.24) is 9.97 Å². The quantitative estimate of drug-likeness (QED) is 0.840. The molecule has 0 aliphatic heterocycles. The van der Waals surface area contributed by atoms with Crippen LogP contribution in [0.1, 0.15) is 19.0 Å². The lowest BCUT2D eigenvalue weighted by Gasteiger charge is -2.19. The summed E-state index contributed by atoms with van der Waals surface area (Å²) < 4.78 is 0. The fourth-order valence-corrected chi connectivity index (χ4v) is 1.96. The first kappa shape index (κ1) is 14.3. The van der Waals surface area contributed by atoms with Gasteiger partial charge in [-0.2, -0.15) is 0 Å². The smallest absolute Gasteiger partial charge is 0.0571 e. The van der Waals surface area contributed by atoms with Crippen LogP contribution in [-0.4, -0.2) is 30.1 Å². The van der Waals surface area contributed by atoms with Crippen LogP contribution in [0.15, 0.2) is 42.9 Å². The summed E-state index contributed by atoms with van der Waals surface area (Å²) in [4.78, 5) is 10.8. The molecule has 2 rings (SSSR count). The first-order valence-electron chi connectivity index (χ1n) is 7.09. The molecule has 2 heterocycles. The third-order valence-electron chi connectivity index (χ3n) is 3.17. The summed E-state index contributed by atoms with van der Waals surface area (Å²) in [7, 11) is 2.09. The van der Waals surface area contributed by atoms with Gasteiger partial charge in [0.2, 0.25) is 0 Å². The Labute approximate surface area is 120 Å². The van der Waals surface area contributed by atoms with Gasteiger partial charge in [-0.3, -0.25) is 9.97 Å². The van der Waals surface area contributed by atoms with Gasteiger partial charge in [0.1, 0.15) is 0 Å². The predicted octanol–water partition coefficient (Wildman–Crippen LogP) is 2.98. The highest BCUT2D eigenvalue weighted by Gasteiger charge is 2.03. The second kappa shape index (κ2) is 7.48. The van der Waals surface area contributed by atoms with E-state index in [1.165, 1.54) is 0 Å². The van der Waals surface area contributed by atoms with E-state index in [0.29, 0.717) is 0 Å². The van der Waals surface area contributed by atoms with E-state index in [4.69, 9.17) is 0 Å². The van der Waals surface area contributed by atoms with E-state index >= 15 is 0 Å². The van der Waals surface area contributed by atoms with Crippen molar-refractivity contribution in [2.75, 3.05) is 30.4 Å². The summed E-state index contributed by atoms with van der Waals surface area (Å²) in [5.41, 5.74) is 3.32. The molecule has 0 spiro atoms. The predicted molar refractivity (Wildman–Crippen MR) is 84.2 cm³/mol. The monoisotopic (exact) mass is 270 g/mol.